The molecule has 1 aromatic heterocycles. The second-order valence-corrected chi connectivity index (χ2v) is 4.67. The molecule has 0 aromatic carbocycles. The molecule has 1 atom stereocenters. The van der Waals surface area contributed by atoms with E-state index >= 15 is 0 Å². The molecule has 0 radical (unpaired) electrons. The highest BCUT2D eigenvalue weighted by Gasteiger charge is 2.15. The smallest absolute Gasteiger partial charge is 0.337 e. The van der Waals surface area contributed by atoms with Crippen molar-refractivity contribution in [2.24, 2.45) is 5.92 Å². The first-order valence-electron chi connectivity index (χ1n) is 6.46. The lowest BCUT2D eigenvalue weighted by atomic mass is 10.1. The predicted molar refractivity (Wildman–Crippen MR) is 71.8 cm³/mol. The summed E-state index contributed by atoms with van der Waals surface area (Å²) in [5, 5.41) is 14.1. The van der Waals surface area contributed by atoms with Gasteiger partial charge in [0, 0.05) is 26.0 Å². The summed E-state index contributed by atoms with van der Waals surface area (Å²) in [5.74, 6) is -0.574. The van der Waals surface area contributed by atoms with E-state index in [9.17, 15) is 9.59 Å². The lowest BCUT2D eigenvalue weighted by Crippen LogP contribution is -2.30. The van der Waals surface area contributed by atoms with Gasteiger partial charge in [0.15, 0.2) is 0 Å². The van der Waals surface area contributed by atoms with E-state index in [4.69, 9.17) is 9.84 Å². The fraction of sp³-hybridized carbons (Fsp3) is 0.462. The van der Waals surface area contributed by atoms with E-state index in [0.29, 0.717) is 18.2 Å². The van der Waals surface area contributed by atoms with Crippen molar-refractivity contribution in [1.29, 1.82) is 0 Å². The van der Waals surface area contributed by atoms with Gasteiger partial charge in [0.1, 0.15) is 0 Å². The van der Waals surface area contributed by atoms with Crippen molar-refractivity contribution in [2.45, 2.75) is 12.8 Å². The third-order valence-corrected chi connectivity index (χ3v) is 3.11. The predicted octanol–water partition coefficient (Wildman–Crippen LogP) is 1.33. The van der Waals surface area contributed by atoms with Crippen LogP contribution in [0.25, 0.3) is 0 Å². The number of amides is 2. The highest BCUT2D eigenvalue weighted by Crippen LogP contribution is 2.15. The average Bonchev–Trinajstić information content (AvgIpc) is 2.92. The van der Waals surface area contributed by atoms with E-state index in [1.165, 1.54) is 18.5 Å². The van der Waals surface area contributed by atoms with Gasteiger partial charge in [-0.2, -0.15) is 0 Å². The standard InChI is InChI=1S/C13H17N3O4/c17-12(18)10-5-11(7-14-6-10)16-13(19)15-3-1-9-2-4-20-8-9/h5-7,9H,1-4,8H2,(H,17,18)(H2,15,16,19). The minimum absolute atomic E-state index is 0.0332. The molecule has 1 saturated heterocycles. The second-order valence-electron chi connectivity index (χ2n) is 4.67. The molecule has 7 nitrogen and oxygen atoms in total. The van der Waals surface area contributed by atoms with Crippen molar-refractivity contribution in [3.05, 3.63) is 24.0 Å². The molecule has 2 amide bonds. The number of rotatable bonds is 5. The fourth-order valence-corrected chi connectivity index (χ4v) is 2.00. The quantitative estimate of drug-likeness (QED) is 0.755. The van der Waals surface area contributed by atoms with E-state index in [1.54, 1.807) is 0 Å². The summed E-state index contributed by atoms with van der Waals surface area (Å²) in [6.45, 7) is 2.12. The van der Waals surface area contributed by atoms with Gasteiger partial charge in [-0.25, -0.2) is 9.59 Å². The highest BCUT2D eigenvalue weighted by atomic mass is 16.5. The van der Waals surface area contributed by atoms with Crippen LogP contribution in [-0.4, -0.2) is 41.8 Å². The van der Waals surface area contributed by atoms with Crippen LogP contribution in [0, 0.1) is 5.92 Å². The SMILES string of the molecule is O=C(NCCC1CCOC1)Nc1cncc(C(=O)O)c1. The Balaban J connectivity index is 1.76. The molecule has 2 heterocycles. The largest absolute Gasteiger partial charge is 0.478 e. The minimum Gasteiger partial charge on any atom is -0.478 e. The molecule has 1 unspecified atom stereocenters. The number of nitrogens with one attached hydrogen (secondary N) is 2. The van der Waals surface area contributed by atoms with Crippen LogP contribution < -0.4 is 10.6 Å². The van der Waals surface area contributed by atoms with Gasteiger partial charge >= 0.3 is 12.0 Å². The molecule has 7 heteroatoms. The Morgan fingerprint density at radius 2 is 2.30 bits per heavy atom. The first kappa shape index (κ1) is 14.3. The van der Waals surface area contributed by atoms with E-state index < -0.39 is 5.97 Å². The van der Waals surface area contributed by atoms with Crippen LogP contribution in [0.1, 0.15) is 23.2 Å². The molecule has 0 saturated carbocycles. The number of carbonyl (C=O) groups is 2. The molecule has 1 aliphatic rings. The van der Waals surface area contributed by atoms with Gasteiger partial charge < -0.3 is 20.5 Å². The maximum Gasteiger partial charge on any atom is 0.337 e. The normalized spacial score (nSPS) is 17.7. The maximum atomic E-state index is 11.6. The summed E-state index contributed by atoms with van der Waals surface area (Å²) in [6.07, 6.45) is 4.54. The molecule has 2 rings (SSSR count). The van der Waals surface area contributed by atoms with Gasteiger partial charge in [-0.15, -0.1) is 0 Å². The Kier molecular flexibility index (Phi) is 4.89. The summed E-state index contributed by atoms with van der Waals surface area (Å²) in [6, 6.07) is 0.993. The van der Waals surface area contributed by atoms with Crippen molar-refractivity contribution in [1.82, 2.24) is 10.3 Å². The van der Waals surface area contributed by atoms with Crippen molar-refractivity contribution in [3.63, 3.8) is 0 Å². The number of hydrogen-bond acceptors (Lipinski definition) is 4. The Bertz CT molecular complexity index is 486. The Morgan fingerprint density at radius 1 is 1.45 bits per heavy atom. The first-order valence-corrected chi connectivity index (χ1v) is 6.46. The number of anilines is 1. The minimum atomic E-state index is -1.08. The molecule has 3 N–H and O–H groups in total. The van der Waals surface area contributed by atoms with E-state index in [-0.39, 0.29) is 11.6 Å². The Morgan fingerprint density at radius 3 is 3.00 bits per heavy atom. The van der Waals surface area contributed by atoms with Crippen molar-refractivity contribution >= 4 is 17.7 Å². The molecule has 1 aliphatic heterocycles. The molecule has 1 fully saturated rings. The lowest BCUT2D eigenvalue weighted by molar-refractivity contribution is 0.0696. The number of nitrogens with zero attached hydrogens (tertiary/aromatic N) is 1. The topological polar surface area (TPSA) is 101 Å². The van der Waals surface area contributed by atoms with Crippen LogP contribution in [0.2, 0.25) is 0 Å². The Labute approximate surface area is 116 Å². The van der Waals surface area contributed by atoms with Gasteiger partial charge in [0.25, 0.3) is 0 Å². The van der Waals surface area contributed by atoms with E-state index in [0.717, 1.165) is 26.1 Å². The van der Waals surface area contributed by atoms with Crippen molar-refractivity contribution < 1.29 is 19.4 Å². The van der Waals surface area contributed by atoms with Crippen LogP contribution in [0.5, 0.6) is 0 Å². The molecular weight excluding hydrogens is 262 g/mol. The molecule has 1 aromatic rings. The van der Waals surface area contributed by atoms with Crippen molar-refractivity contribution in [2.75, 3.05) is 25.1 Å². The van der Waals surface area contributed by atoms with Crippen LogP contribution in [0.15, 0.2) is 18.5 Å². The summed E-state index contributed by atoms with van der Waals surface area (Å²) in [5.41, 5.74) is 0.387. The maximum absolute atomic E-state index is 11.6. The van der Waals surface area contributed by atoms with Crippen LogP contribution >= 0.6 is 0 Å². The summed E-state index contributed by atoms with van der Waals surface area (Å²) in [7, 11) is 0. The third kappa shape index (κ3) is 4.20. The van der Waals surface area contributed by atoms with Crippen molar-refractivity contribution in [3.8, 4) is 0 Å². The molecular formula is C13H17N3O4. The van der Waals surface area contributed by atoms with E-state index in [1.807, 2.05) is 0 Å². The summed E-state index contributed by atoms with van der Waals surface area (Å²) >= 11 is 0. The van der Waals surface area contributed by atoms with Crippen LogP contribution in [0.4, 0.5) is 10.5 Å². The van der Waals surface area contributed by atoms with Gasteiger partial charge in [0.2, 0.25) is 0 Å². The van der Waals surface area contributed by atoms with Crippen LogP contribution in [0.3, 0.4) is 0 Å². The number of pyridine rings is 1. The zero-order chi connectivity index (χ0) is 14.4. The molecule has 20 heavy (non-hydrogen) atoms. The molecule has 0 spiro atoms. The lowest BCUT2D eigenvalue weighted by Gasteiger charge is -2.10. The molecule has 108 valence electrons. The zero-order valence-electron chi connectivity index (χ0n) is 11.0. The number of urea groups is 1. The number of aromatic carboxylic acids is 1. The number of ether oxygens (including phenoxy) is 1. The van der Waals surface area contributed by atoms with E-state index in [2.05, 4.69) is 15.6 Å². The molecule has 0 bridgehead atoms. The van der Waals surface area contributed by atoms with Gasteiger partial charge in [-0.1, -0.05) is 0 Å². The number of carbonyl (C=O) groups excluding carboxylic acids is 1. The van der Waals surface area contributed by atoms with Gasteiger partial charge in [0.05, 0.1) is 17.4 Å². The number of aromatic nitrogens is 1. The number of carboxylic acid groups (broad SMARTS) is 1. The average molecular weight is 279 g/mol. The Hall–Kier alpha value is -2.15. The second kappa shape index (κ2) is 6.85. The third-order valence-electron chi connectivity index (χ3n) is 3.11. The number of hydrogen-bond donors (Lipinski definition) is 3. The molecule has 0 aliphatic carbocycles. The summed E-state index contributed by atoms with van der Waals surface area (Å²) in [4.78, 5) is 26.2. The van der Waals surface area contributed by atoms with Gasteiger partial charge in [-0.3, -0.25) is 4.98 Å². The highest BCUT2D eigenvalue weighted by molar-refractivity contribution is 5.92. The van der Waals surface area contributed by atoms with Gasteiger partial charge in [-0.05, 0) is 24.8 Å². The first-order chi connectivity index (χ1) is 9.65. The summed E-state index contributed by atoms with van der Waals surface area (Å²) < 4.78 is 5.25. The monoisotopic (exact) mass is 279 g/mol. The van der Waals surface area contributed by atoms with Crippen LogP contribution in [-0.2, 0) is 4.74 Å². The fourth-order valence-electron chi connectivity index (χ4n) is 2.00. The zero-order valence-corrected chi connectivity index (χ0v) is 11.0. The number of carboxylic acids is 1.